The van der Waals surface area contributed by atoms with Crippen LogP contribution in [-0.4, -0.2) is 23.0 Å². The largest absolute Gasteiger partial charge is 0.414 e. The van der Waals surface area contributed by atoms with Crippen LogP contribution in [-0.2, 0) is 11.3 Å². The molecule has 0 spiro atoms. The van der Waals surface area contributed by atoms with Gasteiger partial charge in [0.05, 0.1) is 12.6 Å². The summed E-state index contributed by atoms with van der Waals surface area (Å²) in [6.07, 6.45) is -4.54. The summed E-state index contributed by atoms with van der Waals surface area (Å²) >= 11 is 0. The number of pyridine rings is 1. The summed E-state index contributed by atoms with van der Waals surface area (Å²) in [6.45, 7) is 0.0287. The second-order valence-electron chi connectivity index (χ2n) is 4.71. The normalized spacial score (nSPS) is 23.3. The molecule has 7 heteroatoms. The maximum absolute atomic E-state index is 12.6. The highest BCUT2D eigenvalue weighted by Gasteiger charge is 2.43. The summed E-state index contributed by atoms with van der Waals surface area (Å²) in [6, 6.07) is 4.64. The van der Waals surface area contributed by atoms with Crippen LogP contribution in [0.15, 0.2) is 23.1 Å². The van der Waals surface area contributed by atoms with Crippen LogP contribution in [0.4, 0.5) is 13.2 Å². The average Bonchev–Trinajstić information content (AvgIpc) is 2.40. The van der Waals surface area contributed by atoms with Gasteiger partial charge in [0.2, 0.25) is 0 Å². The van der Waals surface area contributed by atoms with E-state index >= 15 is 0 Å². The van der Waals surface area contributed by atoms with E-state index in [1.54, 1.807) is 6.07 Å². The molecule has 108 valence electrons. The Kier molecular flexibility index (Phi) is 4.14. The monoisotopic (exact) mass is 286 g/mol. The van der Waals surface area contributed by atoms with Gasteiger partial charge in [-0.05, 0) is 31.4 Å². The summed E-state index contributed by atoms with van der Waals surface area (Å²) in [5, 5.41) is 8.75. The van der Waals surface area contributed by atoms with Gasteiger partial charge in [0.1, 0.15) is 11.6 Å². The molecule has 20 heavy (non-hydrogen) atoms. The molecule has 1 aromatic rings. The minimum atomic E-state index is -4.38. The molecule has 2 heterocycles. The van der Waals surface area contributed by atoms with Crippen molar-refractivity contribution in [1.82, 2.24) is 4.57 Å². The lowest BCUT2D eigenvalue weighted by Crippen LogP contribution is -2.41. The number of ether oxygens (including phenoxy) is 1. The highest BCUT2D eigenvalue weighted by Crippen LogP contribution is 2.32. The smallest absolute Gasteiger partial charge is 0.364 e. The van der Waals surface area contributed by atoms with E-state index in [2.05, 4.69) is 0 Å². The first-order chi connectivity index (χ1) is 9.41. The molecule has 0 bridgehead atoms. The fourth-order valence-corrected chi connectivity index (χ4v) is 2.26. The molecule has 2 atom stereocenters. The van der Waals surface area contributed by atoms with Gasteiger partial charge in [0.15, 0.2) is 6.10 Å². The molecule has 1 aliphatic rings. The number of alkyl halides is 3. The summed E-state index contributed by atoms with van der Waals surface area (Å²) in [5.41, 5.74) is -0.539. The number of nitriles is 1. The zero-order chi connectivity index (χ0) is 14.8. The summed E-state index contributed by atoms with van der Waals surface area (Å²) in [7, 11) is 0. The molecule has 1 aromatic heterocycles. The average molecular weight is 286 g/mol. The maximum Gasteiger partial charge on any atom is 0.414 e. The van der Waals surface area contributed by atoms with Gasteiger partial charge < -0.3 is 9.30 Å². The van der Waals surface area contributed by atoms with E-state index in [0.717, 1.165) is 0 Å². The number of aromatic nitrogens is 1. The summed E-state index contributed by atoms with van der Waals surface area (Å²) < 4.78 is 44.1. The van der Waals surface area contributed by atoms with Crippen molar-refractivity contribution in [2.75, 3.05) is 0 Å². The highest BCUT2D eigenvalue weighted by molar-refractivity contribution is 5.24. The van der Waals surface area contributed by atoms with Crippen LogP contribution in [0, 0.1) is 11.3 Å². The molecular weight excluding hydrogens is 273 g/mol. The van der Waals surface area contributed by atoms with E-state index in [9.17, 15) is 18.0 Å². The Morgan fingerprint density at radius 2 is 2.20 bits per heavy atom. The third kappa shape index (κ3) is 3.20. The van der Waals surface area contributed by atoms with Crippen LogP contribution in [0.25, 0.3) is 0 Å². The minimum Gasteiger partial charge on any atom is -0.364 e. The SMILES string of the molecule is N#Cc1cccn(CC2CCCC(C(F)(F)F)O2)c1=O. The zero-order valence-electron chi connectivity index (χ0n) is 10.6. The summed E-state index contributed by atoms with van der Waals surface area (Å²) in [5.74, 6) is 0. The van der Waals surface area contributed by atoms with Crippen molar-refractivity contribution in [3.8, 4) is 6.07 Å². The lowest BCUT2D eigenvalue weighted by atomic mass is 10.0. The zero-order valence-corrected chi connectivity index (χ0v) is 10.6. The van der Waals surface area contributed by atoms with Gasteiger partial charge in [-0.3, -0.25) is 4.79 Å². The topological polar surface area (TPSA) is 55.0 Å². The molecule has 1 saturated heterocycles. The maximum atomic E-state index is 12.6. The van der Waals surface area contributed by atoms with Crippen LogP contribution in [0.1, 0.15) is 24.8 Å². The van der Waals surface area contributed by atoms with Crippen LogP contribution in [0.3, 0.4) is 0 Å². The number of hydrogen-bond acceptors (Lipinski definition) is 3. The molecular formula is C13H13F3N2O2. The van der Waals surface area contributed by atoms with E-state index in [0.29, 0.717) is 12.8 Å². The van der Waals surface area contributed by atoms with E-state index in [4.69, 9.17) is 10.00 Å². The summed E-state index contributed by atoms with van der Waals surface area (Å²) in [4.78, 5) is 11.8. The lowest BCUT2D eigenvalue weighted by molar-refractivity contribution is -0.246. The molecule has 1 fully saturated rings. The van der Waals surface area contributed by atoms with Crippen molar-refractivity contribution in [2.45, 2.75) is 44.2 Å². The Morgan fingerprint density at radius 1 is 1.45 bits per heavy atom. The Morgan fingerprint density at radius 3 is 2.85 bits per heavy atom. The molecule has 0 N–H and O–H groups in total. The molecule has 0 aromatic carbocycles. The van der Waals surface area contributed by atoms with Gasteiger partial charge in [0, 0.05) is 6.20 Å². The van der Waals surface area contributed by atoms with Crippen molar-refractivity contribution in [3.05, 3.63) is 34.2 Å². The number of hydrogen-bond donors (Lipinski definition) is 0. The van der Waals surface area contributed by atoms with Crippen LogP contribution in [0.2, 0.25) is 0 Å². The van der Waals surface area contributed by atoms with Crippen molar-refractivity contribution >= 4 is 0 Å². The molecule has 2 rings (SSSR count). The van der Waals surface area contributed by atoms with Gasteiger partial charge in [-0.15, -0.1) is 0 Å². The number of nitrogens with zero attached hydrogens (tertiary/aromatic N) is 2. The van der Waals surface area contributed by atoms with Crippen LogP contribution >= 0.6 is 0 Å². The molecule has 4 nitrogen and oxygen atoms in total. The van der Waals surface area contributed by atoms with Crippen molar-refractivity contribution < 1.29 is 17.9 Å². The Bertz CT molecular complexity index is 574. The van der Waals surface area contributed by atoms with Gasteiger partial charge in [-0.2, -0.15) is 18.4 Å². The second kappa shape index (κ2) is 5.67. The van der Waals surface area contributed by atoms with E-state index in [1.165, 1.54) is 22.9 Å². The standard InChI is InChI=1S/C13H13F3N2O2/c14-13(15,16)11-5-1-4-10(20-11)8-18-6-2-3-9(7-17)12(18)19/h2-3,6,10-11H,1,4-5,8H2. The first-order valence-corrected chi connectivity index (χ1v) is 6.23. The van der Waals surface area contributed by atoms with Crippen molar-refractivity contribution in [2.24, 2.45) is 0 Å². The fraction of sp³-hybridized carbons (Fsp3) is 0.538. The number of halogens is 3. The predicted molar refractivity (Wildman–Crippen MR) is 64.0 cm³/mol. The quantitative estimate of drug-likeness (QED) is 0.837. The first-order valence-electron chi connectivity index (χ1n) is 6.23. The number of rotatable bonds is 2. The molecule has 0 radical (unpaired) electrons. The molecule has 0 saturated carbocycles. The fourth-order valence-electron chi connectivity index (χ4n) is 2.26. The molecule has 2 unspecified atom stereocenters. The Labute approximate surface area is 113 Å². The van der Waals surface area contributed by atoms with Crippen molar-refractivity contribution in [3.63, 3.8) is 0 Å². The third-order valence-corrected chi connectivity index (χ3v) is 3.26. The Balaban J connectivity index is 2.11. The Hall–Kier alpha value is -1.81. The van der Waals surface area contributed by atoms with Crippen LogP contribution < -0.4 is 5.56 Å². The van der Waals surface area contributed by atoms with Gasteiger partial charge in [0.25, 0.3) is 5.56 Å². The van der Waals surface area contributed by atoms with E-state index < -0.39 is 23.9 Å². The van der Waals surface area contributed by atoms with Gasteiger partial charge in [-0.25, -0.2) is 0 Å². The van der Waals surface area contributed by atoms with E-state index in [1.807, 2.05) is 0 Å². The second-order valence-corrected chi connectivity index (χ2v) is 4.71. The minimum absolute atomic E-state index is 0.0287. The van der Waals surface area contributed by atoms with E-state index in [-0.39, 0.29) is 18.5 Å². The van der Waals surface area contributed by atoms with Crippen LogP contribution in [0.5, 0.6) is 0 Å². The highest BCUT2D eigenvalue weighted by atomic mass is 19.4. The van der Waals surface area contributed by atoms with Gasteiger partial charge >= 0.3 is 6.18 Å². The van der Waals surface area contributed by atoms with Crippen molar-refractivity contribution in [1.29, 1.82) is 5.26 Å². The predicted octanol–water partition coefficient (Wildman–Crippen LogP) is 2.22. The lowest BCUT2D eigenvalue weighted by Gasteiger charge is -2.31. The first kappa shape index (κ1) is 14.6. The molecule has 1 aliphatic heterocycles. The van der Waals surface area contributed by atoms with Gasteiger partial charge in [-0.1, -0.05) is 0 Å². The molecule has 0 aliphatic carbocycles. The third-order valence-electron chi connectivity index (χ3n) is 3.26. The molecule has 0 amide bonds.